The average molecular weight is 608 g/mol. The molecule has 190 valence electrons. The second-order valence-corrected chi connectivity index (χ2v) is 11.6. The number of allylic oxidation sites excluding steroid dienone is 2. The number of carboxylic acid groups (broad SMARTS) is 1. The Bertz CT molecular complexity index is 1160. The fraction of sp³-hybridized carbons (Fsp3) is 0.308. The van der Waals surface area contributed by atoms with Crippen LogP contribution in [0.15, 0.2) is 63.1 Å². The van der Waals surface area contributed by atoms with Crippen molar-refractivity contribution >= 4 is 61.3 Å². The molecule has 1 amide bonds. The van der Waals surface area contributed by atoms with Crippen LogP contribution in [0, 0.1) is 11.8 Å². The summed E-state index contributed by atoms with van der Waals surface area (Å²) < 4.78 is 0.608. The maximum Gasteiger partial charge on any atom is 0.369 e. The monoisotopic (exact) mass is 606 g/mol. The molecule has 1 fully saturated rings. The van der Waals surface area contributed by atoms with Gasteiger partial charge in [0.2, 0.25) is 0 Å². The van der Waals surface area contributed by atoms with E-state index in [9.17, 15) is 14.7 Å². The first kappa shape index (κ1) is 28.6. The Morgan fingerprint density at radius 2 is 2.08 bits per heavy atom. The normalized spacial score (nSPS) is 15.6. The average Bonchev–Trinajstić information content (AvgIpc) is 3.38. The van der Waals surface area contributed by atoms with Crippen molar-refractivity contribution in [2.24, 2.45) is 0 Å². The zero-order chi connectivity index (χ0) is 25.9. The molecule has 36 heavy (non-hydrogen) atoms. The highest BCUT2D eigenvalue weighted by molar-refractivity contribution is 9.12. The van der Waals surface area contributed by atoms with E-state index in [0.717, 1.165) is 16.7 Å². The minimum Gasteiger partial charge on any atom is -0.473 e. The molecule has 0 spiro atoms. The van der Waals surface area contributed by atoms with Crippen LogP contribution in [0.2, 0.25) is 0 Å². The molecule has 1 aromatic carbocycles. The second-order valence-electron chi connectivity index (χ2n) is 7.89. The number of aliphatic hydroxyl groups excluding tert-OH is 1. The van der Waals surface area contributed by atoms with Crippen molar-refractivity contribution in [3.05, 3.63) is 79.8 Å². The van der Waals surface area contributed by atoms with Gasteiger partial charge in [-0.25, -0.2) is 9.80 Å². The highest BCUT2D eigenvalue weighted by Crippen LogP contribution is 2.30. The van der Waals surface area contributed by atoms with Crippen molar-refractivity contribution in [3.63, 3.8) is 0 Å². The molecule has 1 saturated heterocycles. The van der Waals surface area contributed by atoms with Crippen molar-refractivity contribution in [3.8, 4) is 11.8 Å². The van der Waals surface area contributed by atoms with Crippen molar-refractivity contribution in [2.75, 3.05) is 25.4 Å². The van der Waals surface area contributed by atoms with Gasteiger partial charge in [-0.2, -0.15) is 11.3 Å². The predicted octanol–water partition coefficient (Wildman–Crippen LogP) is 6.42. The Balaban J connectivity index is 1.56. The maximum atomic E-state index is 12.6. The standard InChI is InChI=1S/C26H27BrN2O4S3/c1-2-23(27)24(36-26(32)33)9-12-29-25(31)35-15-13-28(29)11-8-22(30)17-21-5-3-4-19(16-21)6-7-20-10-14-34-18-20/h2-5,10,14,16,18,22,30H,1,8-9,11-13,15,17H2,(H,32,33)/b24-23+. The van der Waals surface area contributed by atoms with Gasteiger partial charge in [-0.15, -0.1) is 0 Å². The van der Waals surface area contributed by atoms with Gasteiger partial charge in [0.15, 0.2) is 0 Å². The molecule has 10 heteroatoms. The number of halogens is 1. The molecule has 1 aromatic heterocycles. The Morgan fingerprint density at radius 3 is 2.81 bits per heavy atom. The summed E-state index contributed by atoms with van der Waals surface area (Å²) in [6, 6.07) is 9.88. The van der Waals surface area contributed by atoms with E-state index < -0.39 is 11.4 Å². The van der Waals surface area contributed by atoms with Crippen molar-refractivity contribution in [2.45, 2.75) is 25.4 Å². The van der Waals surface area contributed by atoms with Crippen LogP contribution in [0.4, 0.5) is 9.59 Å². The van der Waals surface area contributed by atoms with E-state index in [4.69, 9.17) is 5.11 Å². The van der Waals surface area contributed by atoms with Gasteiger partial charge in [-0.1, -0.05) is 48.4 Å². The number of carbonyl (C=O) groups is 2. The topological polar surface area (TPSA) is 81.1 Å². The lowest BCUT2D eigenvalue weighted by Gasteiger charge is -2.38. The summed E-state index contributed by atoms with van der Waals surface area (Å²) in [5, 5.41) is 26.4. The number of benzene rings is 1. The first-order chi connectivity index (χ1) is 17.4. The Morgan fingerprint density at radius 1 is 1.28 bits per heavy atom. The van der Waals surface area contributed by atoms with Crippen LogP contribution in [-0.2, 0) is 6.42 Å². The molecule has 1 aliphatic heterocycles. The van der Waals surface area contributed by atoms with Gasteiger partial charge in [0.05, 0.1) is 6.10 Å². The van der Waals surface area contributed by atoms with Crippen LogP contribution in [0.5, 0.6) is 0 Å². The van der Waals surface area contributed by atoms with Crippen molar-refractivity contribution < 1.29 is 19.8 Å². The number of amides is 1. The van der Waals surface area contributed by atoms with E-state index in [1.807, 2.05) is 46.1 Å². The number of aliphatic hydroxyl groups is 1. The van der Waals surface area contributed by atoms with E-state index in [-0.39, 0.29) is 5.24 Å². The third-order valence-electron chi connectivity index (χ3n) is 5.32. The summed E-state index contributed by atoms with van der Waals surface area (Å²) in [6.45, 7) is 5.25. The number of carbonyl (C=O) groups excluding carboxylic acids is 1. The first-order valence-electron chi connectivity index (χ1n) is 11.3. The highest BCUT2D eigenvalue weighted by Gasteiger charge is 2.27. The van der Waals surface area contributed by atoms with E-state index in [1.165, 1.54) is 11.8 Å². The molecule has 1 atom stereocenters. The largest absolute Gasteiger partial charge is 0.473 e. The smallest absolute Gasteiger partial charge is 0.369 e. The molecule has 1 unspecified atom stereocenters. The molecule has 6 nitrogen and oxygen atoms in total. The minimum absolute atomic E-state index is 0.0676. The molecule has 2 N–H and O–H groups in total. The number of rotatable bonds is 10. The summed E-state index contributed by atoms with van der Waals surface area (Å²) in [6.07, 6.45) is 2.37. The molecular formula is C26H27BrN2O4S3. The Kier molecular flexibility index (Phi) is 11.6. The molecule has 2 heterocycles. The summed E-state index contributed by atoms with van der Waals surface area (Å²) in [4.78, 5) is 24.4. The van der Waals surface area contributed by atoms with Crippen molar-refractivity contribution in [1.29, 1.82) is 0 Å². The Labute approximate surface area is 232 Å². The fourth-order valence-electron chi connectivity index (χ4n) is 3.59. The van der Waals surface area contributed by atoms with Crippen LogP contribution in [-0.4, -0.2) is 62.3 Å². The number of hydrogen-bond donors (Lipinski definition) is 2. The van der Waals surface area contributed by atoms with Crippen LogP contribution in [0.25, 0.3) is 0 Å². The lowest BCUT2D eigenvalue weighted by atomic mass is 10.0. The number of nitrogens with zero attached hydrogens (tertiary/aromatic N) is 2. The molecule has 1 aliphatic rings. The van der Waals surface area contributed by atoms with Gasteiger partial charge < -0.3 is 10.2 Å². The molecule has 2 aromatic rings. The molecule has 0 saturated carbocycles. The Hall–Kier alpha value is -2.00. The fourth-order valence-corrected chi connectivity index (χ4v) is 6.03. The zero-order valence-electron chi connectivity index (χ0n) is 19.6. The second kappa shape index (κ2) is 14.7. The first-order valence-corrected chi connectivity index (χ1v) is 14.8. The zero-order valence-corrected chi connectivity index (χ0v) is 23.6. The molecule has 0 bridgehead atoms. The van der Waals surface area contributed by atoms with Crippen LogP contribution in [0.3, 0.4) is 0 Å². The van der Waals surface area contributed by atoms with Crippen LogP contribution < -0.4 is 0 Å². The number of hydrazine groups is 1. The SMILES string of the molecule is C=C/C(Br)=C(/CCN1C(=O)SCCN1CCC(O)Cc1cccc(C#Cc2ccsc2)c1)SC(=O)O. The lowest BCUT2D eigenvalue weighted by molar-refractivity contribution is 0.0150. The lowest BCUT2D eigenvalue weighted by Crippen LogP contribution is -2.50. The number of thiophene rings is 1. The number of thioether (sulfide) groups is 2. The molecule has 0 aliphatic carbocycles. The molecule has 3 rings (SSSR count). The van der Waals surface area contributed by atoms with E-state index in [2.05, 4.69) is 34.3 Å². The highest BCUT2D eigenvalue weighted by atomic mass is 79.9. The van der Waals surface area contributed by atoms with E-state index in [1.54, 1.807) is 22.4 Å². The van der Waals surface area contributed by atoms with Gasteiger partial charge in [0, 0.05) is 51.3 Å². The van der Waals surface area contributed by atoms with Crippen LogP contribution >= 0.6 is 50.8 Å². The van der Waals surface area contributed by atoms with E-state index >= 15 is 0 Å². The molecule has 0 radical (unpaired) electrons. The summed E-state index contributed by atoms with van der Waals surface area (Å²) in [5.41, 5.74) is 2.91. The third-order valence-corrected chi connectivity index (χ3v) is 8.76. The third kappa shape index (κ3) is 9.14. The summed E-state index contributed by atoms with van der Waals surface area (Å²) in [7, 11) is 0. The van der Waals surface area contributed by atoms with E-state index in [0.29, 0.717) is 65.8 Å². The molecular weight excluding hydrogens is 580 g/mol. The predicted molar refractivity (Wildman–Crippen MR) is 154 cm³/mol. The number of hydrogen-bond acceptors (Lipinski definition) is 7. The van der Waals surface area contributed by atoms with Gasteiger partial charge in [0.25, 0.3) is 5.24 Å². The van der Waals surface area contributed by atoms with Gasteiger partial charge in [0.1, 0.15) is 0 Å². The summed E-state index contributed by atoms with van der Waals surface area (Å²) in [5.74, 6) is 7.00. The summed E-state index contributed by atoms with van der Waals surface area (Å²) >= 11 is 6.92. The van der Waals surface area contributed by atoms with Gasteiger partial charge >= 0.3 is 5.30 Å². The minimum atomic E-state index is -1.01. The quantitative estimate of drug-likeness (QED) is 0.238. The van der Waals surface area contributed by atoms with Gasteiger partial charge in [-0.05, 0) is 76.1 Å². The van der Waals surface area contributed by atoms with Crippen LogP contribution in [0.1, 0.15) is 29.5 Å². The maximum absolute atomic E-state index is 12.6. The van der Waals surface area contributed by atoms with Gasteiger partial charge in [-0.3, -0.25) is 9.80 Å². The van der Waals surface area contributed by atoms with Crippen molar-refractivity contribution in [1.82, 2.24) is 10.0 Å².